The molecule has 1 saturated heterocycles. The summed E-state index contributed by atoms with van der Waals surface area (Å²) in [4.78, 5) is 45.8. The zero-order valence-electron chi connectivity index (χ0n) is 25.6. The van der Waals surface area contributed by atoms with Crippen LogP contribution in [0.25, 0.3) is 0 Å². The van der Waals surface area contributed by atoms with Crippen LogP contribution in [0.1, 0.15) is 29.5 Å². The number of alkyl halides is 3. The van der Waals surface area contributed by atoms with E-state index < -0.39 is 12.1 Å². The Bertz CT molecular complexity index is 1780. The summed E-state index contributed by atoms with van der Waals surface area (Å²) in [7, 11) is 0. The molecule has 1 fully saturated rings. The molecule has 3 heterocycles. The van der Waals surface area contributed by atoms with Crippen LogP contribution in [-0.2, 0) is 33.6 Å². The molecule has 0 atom stereocenters. The number of fused-ring (bicyclic) bond motifs is 6. The fourth-order valence-corrected chi connectivity index (χ4v) is 5.51. The van der Waals surface area contributed by atoms with Gasteiger partial charge in [0, 0.05) is 36.1 Å². The Morgan fingerprint density at radius 2 is 1.65 bits per heavy atom. The second-order valence-electron chi connectivity index (χ2n) is 11.3. The van der Waals surface area contributed by atoms with Crippen molar-refractivity contribution in [3.63, 3.8) is 0 Å². The number of anilines is 5. The summed E-state index contributed by atoms with van der Waals surface area (Å²) in [5, 5.41) is 17.3. The summed E-state index contributed by atoms with van der Waals surface area (Å²) in [5.74, 6) is -1.85. The standard InChI is InChI=1S/C32H31ClN6O2.C2HF3O2/c33-27-20-34-32-36-25-8-4-7-22(17-25)9-10-24-19-26(35-30(27)38-32)11-12-28(24)37-31(41)23-13-15-39(16-14-23)29(40)18-21-5-2-1-3-6-21;3-2(4,5)1(6)7/h1-8,11-12,17,19-20,23H,9-10,13-16,18H2,(H,37,41)(H2,34,35,36,38);(H,6,7). The maximum Gasteiger partial charge on any atom is 0.490 e. The van der Waals surface area contributed by atoms with Crippen LogP contribution in [0.4, 0.5) is 42.0 Å². The highest BCUT2D eigenvalue weighted by Gasteiger charge is 2.38. The molecular weight excluding hydrogens is 649 g/mol. The number of aliphatic carboxylic acids is 1. The van der Waals surface area contributed by atoms with Crippen molar-refractivity contribution in [3.8, 4) is 0 Å². The number of carboxylic acid groups (broad SMARTS) is 1. The fourth-order valence-electron chi connectivity index (χ4n) is 5.37. The normalized spacial score (nSPS) is 14.4. The summed E-state index contributed by atoms with van der Waals surface area (Å²) < 4.78 is 31.7. The largest absolute Gasteiger partial charge is 0.490 e. The fraction of sp³-hybridized carbons (Fsp3) is 0.265. The number of hydrogen-bond acceptors (Lipinski definition) is 7. The molecule has 1 aromatic heterocycles. The van der Waals surface area contributed by atoms with Gasteiger partial charge in [0.25, 0.3) is 0 Å². The Morgan fingerprint density at radius 3 is 2.35 bits per heavy atom. The third-order valence-corrected chi connectivity index (χ3v) is 8.17. The van der Waals surface area contributed by atoms with E-state index in [-0.39, 0.29) is 17.7 Å². The Morgan fingerprint density at radius 1 is 0.938 bits per heavy atom. The first-order chi connectivity index (χ1) is 22.9. The molecule has 14 heteroatoms. The first kappa shape index (κ1) is 34.2. The van der Waals surface area contributed by atoms with Crippen LogP contribution in [0.5, 0.6) is 0 Å². The van der Waals surface area contributed by atoms with Crippen molar-refractivity contribution in [2.75, 3.05) is 29.0 Å². The minimum Gasteiger partial charge on any atom is -0.475 e. The van der Waals surface area contributed by atoms with Gasteiger partial charge in [-0.3, -0.25) is 9.59 Å². The highest BCUT2D eigenvalue weighted by molar-refractivity contribution is 6.32. The average Bonchev–Trinajstić information content (AvgIpc) is 3.07. The van der Waals surface area contributed by atoms with E-state index in [0.29, 0.717) is 49.1 Å². The number of carbonyl (C=O) groups is 3. The Labute approximate surface area is 279 Å². The van der Waals surface area contributed by atoms with Gasteiger partial charge in [-0.15, -0.1) is 0 Å². The number of nitrogens with one attached hydrogen (secondary N) is 3. The Kier molecular flexibility index (Phi) is 10.8. The topological polar surface area (TPSA) is 137 Å². The third kappa shape index (κ3) is 9.22. The van der Waals surface area contributed by atoms with Gasteiger partial charge in [0.15, 0.2) is 5.82 Å². The van der Waals surface area contributed by atoms with Crippen LogP contribution in [0, 0.1) is 5.92 Å². The van der Waals surface area contributed by atoms with Gasteiger partial charge in [0.1, 0.15) is 5.02 Å². The smallest absolute Gasteiger partial charge is 0.475 e. The number of piperidine rings is 1. The molecule has 3 aromatic carbocycles. The molecule has 6 bridgehead atoms. The van der Waals surface area contributed by atoms with Crippen LogP contribution in [0.3, 0.4) is 0 Å². The Balaban J connectivity index is 0.000000582. The predicted molar refractivity (Wildman–Crippen MR) is 176 cm³/mol. The third-order valence-electron chi connectivity index (χ3n) is 7.90. The van der Waals surface area contributed by atoms with Crippen molar-refractivity contribution in [1.29, 1.82) is 0 Å². The van der Waals surface area contributed by atoms with Gasteiger partial charge in [-0.1, -0.05) is 54.1 Å². The zero-order chi connectivity index (χ0) is 34.3. The van der Waals surface area contributed by atoms with Crippen LogP contribution < -0.4 is 16.0 Å². The maximum absolute atomic E-state index is 13.4. The summed E-state index contributed by atoms with van der Waals surface area (Å²) in [6, 6.07) is 23.8. The lowest BCUT2D eigenvalue weighted by molar-refractivity contribution is -0.192. The van der Waals surface area contributed by atoms with Crippen LogP contribution >= 0.6 is 11.6 Å². The monoisotopic (exact) mass is 680 g/mol. The van der Waals surface area contributed by atoms with Gasteiger partial charge in [-0.05, 0) is 72.7 Å². The van der Waals surface area contributed by atoms with Crippen LogP contribution in [0.15, 0.2) is 79.0 Å². The van der Waals surface area contributed by atoms with Crippen molar-refractivity contribution in [2.24, 2.45) is 5.92 Å². The van der Waals surface area contributed by atoms with E-state index in [9.17, 15) is 22.8 Å². The lowest BCUT2D eigenvalue weighted by Crippen LogP contribution is -2.42. The first-order valence-corrected chi connectivity index (χ1v) is 15.5. The molecule has 6 rings (SSSR count). The number of hydrogen-bond donors (Lipinski definition) is 4. The van der Waals surface area contributed by atoms with E-state index >= 15 is 0 Å². The Hall–Kier alpha value is -5.17. The molecule has 0 aliphatic carbocycles. The molecule has 0 saturated carbocycles. The molecule has 4 N–H and O–H groups in total. The molecule has 48 heavy (non-hydrogen) atoms. The summed E-state index contributed by atoms with van der Waals surface area (Å²) in [5.41, 5.74) is 5.69. The molecule has 0 radical (unpaired) electrons. The second-order valence-corrected chi connectivity index (χ2v) is 11.7. The minimum atomic E-state index is -5.08. The number of aromatic nitrogens is 2. The van der Waals surface area contributed by atoms with E-state index in [1.807, 2.05) is 65.6 Å². The van der Waals surface area contributed by atoms with Gasteiger partial charge in [0.05, 0.1) is 12.6 Å². The van der Waals surface area contributed by atoms with E-state index in [1.165, 1.54) is 0 Å². The number of rotatable bonds is 4. The van der Waals surface area contributed by atoms with E-state index in [2.05, 4.69) is 38.1 Å². The van der Waals surface area contributed by atoms with E-state index in [1.54, 1.807) is 6.20 Å². The van der Waals surface area contributed by atoms with E-state index in [0.717, 1.165) is 46.6 Å². The number of benzene rings is 3. The lowest BCUT2D eigenvalue weighted by atomic mass is 9.94. The number of halogens is 4. The summed E-state index contributed by atoms with van der Waals surface area (Å²) in [6.07, 6.45) is -0.299. The number of aryl methyl sites for hydroxylation is 2. The average molecular weight is 681 g/mol. The molecule has 2 aliphatic rings. The van der Waals surface area contributed by atoms with Gasteiger partial charge < -0.3 is 26.0 Å². The number of amides is 2. The molecular formula is C34H32ClF3N6O4. The summed E-state index contributed by atoms with van der Waals surface area (Å²) in [6.45, 7) is 1.18. The van der Waals surface area contributed by atoms with Crippen molar-refractivity contribution in [3.05, 3.63) is 101 Å². The minimum absolute atomic E-state index is 0.00489. The highest BCUT2D eigenvalue weighted by Crippen LogP contribution is 2.30. The SMILES string of the molecule is O=C(Nc1ccc2cc1CCc1cccc(c1)Nc1ncc(Cl)c(n1)N2)C1CCN(C(=O)Cc2ccccc2)CC1.O=C(O)C(F)(F)F. The lowest BCUT2D eigenvalue weighted by Gasteiger charge is -2.31. The molecule has 250 valence electrons. The maximum atomic E-state index is 13.4. The number of likely N-dealkylation sites (tertiary alicyclic amines) is 1. The van der Waals surface area contributed by atoms with Crippen molar-refractivity contribution in [2.45, 2.75) is 38.3 Å². The molecule has 10 nitrogen and oxygen atoms in total. The number of carbonyl (C=O) groups excluding carboxylic acids is 2. The molecule has 4 aromatic rings. The second kappa shape index (κ2) is 15.2. The van der Waals surface area contributed by atoms with Crippen LogP contribution in [-0.4, -0.2) is 57.0 Å². The first-order valence-electron chi connectivity index (χ1n) is 15.2. The van der Waals surface area contributed by atoms with Gasteiger partial charge in [0.2, 0.25) is 17.8 Å². The van der Waals surface area contributed by atoms with Crippen molar-refractivity contribution in [1.82, 2.24) is 14.9 Å². The molecule has 0 unspecified atom stereocenters. The van der Waals surface area contributed by atoms with Gasteiger partial charge >= 0.3 is 12.1 Å². The molecule has 2 amide bonds. The molecule has 0 spiro atoms. The number of nitrogens with zero attached hydrogens (tertiary/aromatic N) is 3. The summed E-state index contributed by atoms with van der Waals surface area (Å²) >= 11 is 6.39. The quantitative estimate of drug-likeness (QED) is 0.185. The van der Waals surface area contributed by atoms with E-state index in [4.69, 9.17) is 21.5 Å². The van der Waals surface area contributed by atoms with Crippen LogP contribution in [0.2, 0.25) is 5.02 Å². The van der Waals surface area contributed by atoms with Crippen molar-refractivity contribution < 1.29 is 32.7 Å². The highest BCUT2D eigenvalue weighted by atomic mass is 35.5. The van der Waals surface area contributed by atoms with Gasteiger partial charge in [-0.25, -0.2) is 9.78 Å². The number of carboxylic acids is 1. The molecule has 2 aliphatic heterocycles. The van der Waals surface area contributed by atoms with Gasteiger partial charge in [-0.2, -0.15) is 18.2 Å². The van der Waals surface area contributed by atoms with Crippen molar-refractivity contribution >= 4 is 58.2 Å². The predicted octanol–water partition coefficient (Wildman–Crippen LogP) is 6.77. The zero-order valence-corrected chi connectivity index (χ0v) is 26.3.